The van der Waals surface area contributed by atoms with Crippen LogP contribution < -0.4 is 9.64 Å². The summed E-state index contributed by atoms with van der Waals surface area (Å²) in [7, 11) is 0. The van der Waals surface area contributed by atoms with Crippen LogP contribution in [0.25, 0.3) is 0 Å². The Kier molecular flexibility index (Phi) is 5.57. The smallest absolute Gasteiger partial charge is 0.121 e. The average molecular weight is 308 g/mol. The summed E-state index contributed by atoms with van der Waals surface area (Å²) < 4.78 is 5.98. The van der Waals surface area contributed by atoms with E-state index in [0.29, 0.717) is 12.6 Å². The lowest BCUT2D eigenvalue weighted by Crippen LogP contribution is -2.36. The fourth-order valence-electron chi connectivity index (χ4n) is 3.28. The lowest BCUT2D eigenvalue weighted by molar-refractivity contribution is 0.306. The van der Waals surface area contributed by atoms with E-state index < -0.39 is 0 Å². The highest BCUT2D eigenvalue weighted by atomic mass is 16.5. The van der Waals surface area contributed by atoms with E-state index >= 15 is 0 Å². The van der Waals surface area contributed by atoms with E-state index in [-0.39, 0.29) is 0 Å². The molecule has 1 heterocycles. The monoisotopic (exact) mass is 308 g/mol. The third kappa shape index (κ3) is 4.28. The first-order valence-corrected chi connectivity index (χ1v) is 8.75. The molecule has 0 amide bonds. The average Bonchev–Trinajstić information content (AvgIpc) is 2.62. The number of hydrogen-bond donors (Lipinski definition) is 0. The maximum absolute atomic E-state index is 5.98. The van der Waals surface area contributed by atoms with E-state index in [0.717, 1.165) is 5.75 Å². The van der Waals surface area contributed by atoms with Crippen LogP contribution in [-0.2, 0) is 6.61 Å². The number of ether oxygens (including phenoxy) is 1. The summed E-state index contributed by atoms with van der Waals surface area (Å²) in [4.78, 5) is 2.46. The summed E-state index contributed by atoms with van der Waals surface area (Å²) in [5.74, 6) is 0.945. The molecule has 0 aromatic heterocycles. The van der Waals surface area contributed by atoms with Gasteiger partial charge in [0.05, 0.1) is 0 Å². The Balaban J connectivity index is 1.68. The molecule has 1 radical (unpaired) electrons. The van der Waals surface area contributed by atoms with Crippen LogP contribution in [0, 0.1) is 6.54 Å². The molecule has 0 bridgehead atoms. The predicted octanol–water partition coefficient (Wildman–Crippen LogP) is 5.59. The summed E-state index contributed by atoms with van der Waals surface area (Å²) in [5.41, 5.74) is 2.46. The van der Waals surface area contributed by atoms with Crippen LogP contribution in [0.5, 0.6) is 5.75 Å². The van der Waals surface area contributed by atoms with Crippen molar-refractivity contribution >= 4 is 5.69 Å². The number of nitrogens with zero attached hydrogens (tertiary/aromatic N) is 1. The van der Waals surface area contributed by atoms with Crippen LogP contribution >= 0.6 is 0 Å². The van der Waals surface area contributed by atoms with Gasteiger partial charge < -0.3 is 9.64 Å². The largest absolute Gasteiger partial charge is 0.489 e. The standard InChI is InChI=1S/C21H26NO/c1-2-9-19-12-6-7-15-22(19)20-13-8-14-21(16-20)23-17-18-10-4-3-5-11-18/h3-5,8,10-11,13-16,19H,2,6-7,9,12,17H2,1H3/t19-/m1/s1. The third-order valence-corrected chi connectivity index (χ3v) is 4.45. The van der Waals surface area contributed by atoms with Crippen LogP contribution in [0.3, 0.4) is 0 Å². The number of hydrogen-bond acceptors (Lipinski definition) is 2. The highest BCUT2D eigenvalue weighted by molar-refractivity contribution is 5.53. The molecule has 0 saturated carbocycles. The van der Waals surface area contributed by atoms with Gasteiger partial charge in [0.15, 0.2) is 0 Å². The molecule has 0 unspecified atom stereocenters. The second-order valence-electron chi connectivity index (χ2n) is 6.23. The highest BCUT2D eigenvalue weighted by Crippen LogP contribution is 2.31. The maximum Gasteiger partial charge on any atom is 0.121 e. The van der Waals surface area contributed by atoms with E-state index in [1.54, 1.807) is 0 Å². The van der Waals surface area contributed by atoms with Gasteiger partial charge in [-0.25, -0.2) is 0 Å². The molecule has 1 aliphatic rings. The zero-order valence-corrected chi connectivity index (χ0v) is 13.9. The minimum atomic E-state index is 0.617. The van der Waals surface area contributed by atoms with Crippen LogP contribution in [0.15, 0.2) is 54.6 Å². The van der Waals surface area contributed by atoms with Crippen LogP contribution in [0.1, 0.15) is 44.6 Å². The summed E-state index contributed by atoms with van der Waals surface area (Å²) in [6, 6.07) is 19.5. The Morgan fingerprint density at radius 2 is 1.96 bits per heavy atom. The Labute approximate surface area is 140 Å². The normalized spacial score (nSPS) is 18.0. The number of piperidine rings is 1. The van der Waals surface area contributed by atoms with Crippen molar-refractivity contribution in [3.8, 4) is 5.75 Å². The molecule has 2 aromatic rings. The topological polar surface area (TPSA) is 12.5 Å². The van der Waals surface area contributed by atoms with Gasteiger partial charge in [-0.15, -0.1) is 0 Å². The van der Waals surface area contributed by atoms with Crippen molar-refractivity contribution in [1.29, 1.82) is 0 Å². The van der Waals surface area contributed by atoms with Crippen LogP contribution in [0.2, 0.25) is 0 Å². The van der Waals surface area contributed by atoms with Crippen molar-refractivity contribution < 1.29 is 4.74 Å². The Morgan fingerprint density at radius 3 is 2.78 bits per heavy atom. The fourth-order valence-corrected chi connectivity index (χ4v) is 3.28. The van der Waals surface area contributed by atoms with E-state index in [2.05, 4.69) is 48.7 Å². The minimum absolute atomic E-state index is 0.617. The van der Waals surface area contributed by atoms with Gasteiger partial charge in [0, 0.05) is 24.3 Å². The molecular weight excluding hydrogens is 282 g/mol. The highest BCUT2D eigenvalue weighted by Gasteiger charge is 2.22. The first kappa shape index (κ1) is 15.9. The minimum Gasteiger partial charge on any atom is -0.489 e. The molecular formula is C21H26NO. The Hall–Kier alpha value is -1.96. The molecule has 0 N–H and O–H groups in total. The number of rotatable bonds is 6. The molecule has 1 atom stereocenters. The molecule has 23 heavy (non-hydrogen) atoms. The number of benzene rings is 2. The van der Waals surface area contributed by atoms with Crippen molar-refractivity contribution in [2.75, 3.05) is 4.90 Å². The zero-order chi connectivity index (χ0) is 15.9. The van der Waals surface area contributed by atoms with Gasteiger partial charge >= 0.3 is 0 Å². The molecule has 0 aliphatic carbocycles. The molecule has 121 valence electrons. The lowest BCUT2D eigenvalue weighted by atomic mass is 9.97. The summed E-state index contributed by atoms with van der Waals surface area (Å²) in [5, 5.41) is 0. The maximum atomic E-state index is 5.98. The number of anilines is 1. The van der Waals surface area contributed by atoms with E-state index in [1.165, 1.54) is 43.4 Å². The molecule has 3 rings (SSSR count). The summed E-state index contributed by atoms with van der Waals surface area (Å²) >= 11 is 0. The van der Waals surface area contributed by atoms with Gasteiger partial charge in [-0.1, -0.05) is 49.7 Å². The quantitative estimate of drug-likeness (QED) is 0.690. The SMILES string of the molecule is CCC[C@@H]1CCC[CH]N1c1cccc(OCc2ccccc2)c1. The van der Waals surface area contributed by atoms with E-state index in [1.807, 2.05) is 24.3 Å². The van der Waals surface area contributed by atoms with Gasteiger partial charge in [-0.2, -0.15) is 0 Å². The first-order chi connectivity index (χ1) is 11.4. The molecule has 1 fully saturated rings. The second-order valence-corrected chi connectivity index (χ2v) is 6.23. The van der Waals surface area contributed by atoms with Gasteiger partial charge in [0.1, 0.15) is 12.4 Å². The Morgan fingerprint density at radius 1 is 1.09 bits per heavy atom. The molecule has 0 spiro atoms. The second kappa shape index (κ2) is 8.05. The van der Waals surface area contributed by atoms with Crippen molar-refractivity contribution in [1.82, 2.24) is 0 Å². The van der Waals surface area contributed by atoms with Crippen LogP contribution in [-0.4, -0.2) is 6.04 Å². The van der Waals surface area contributed by atoms with Crippen molar-refractivity contribution in [3.05, 3.63) is 66.7 Å². The molecule has 2 nitrogen and oxygen atoms in total. The molecule has 2 heteroatoms. The summed E-state index contributed by atoms with van der Waals surface area (Å²) in [6.07, 6.45) is 6.27. The van der Waals surface area contributed by atoms with Gasteiger partial charge in [-0.3, -0.25) is 0 Å². The van der Waals surface area contributed by atoms with Gasteiger partial charge in [-0.05, 0) is 43.4 Å². The van der Waals surface area contributed by atoms with Crippen molar-refractivity contribution in [2.24, 2.45) is 0 Å². The molecule has 2 aromatic carbocycles. The third-order valence-electron chi connectivity index (χ3n) is 4.45. The Bertz CT molecular complexity index is 594. The fraction of sp³-hybridized carbons (Fsp3) is 0.381. The first-order valence-electron chi connectivity index (χ1n) is 8.75. The van der Waals surface area contributed by atoms with E-state index in [4.69, 9.17) is 4.74 Å². The molecule has 1 aliphatic heterocycles. The van der Waals surface area contributed by atoms with Gasteiger partial charge in [0.25, 0.3) is 0 Å². The van der Waals surface area contributed by atoms with E-state index in [9.17, 15) is 0 Å². The van der Waals surface area contributed by atoms with Crippen molar-refractivity contribution in [3.63, 3.8) is 0 Å². The predicted molar refractivity (Wildman–Crippen MR) is 96.5 cm³/mol. The van der Waals surface area contributed by atoms with Gasteiger partial charge in [0.2, 0.25) is 0 Å². The zero-order valence-electron chi connectivity index (χ0n) is 13.9. The van der Waals surface area contributed by atoms with Crippen molar-refractivity contribution in [2.45, 2.75) is 51.7 Å². The molecule has 1 saturated heterocycles. The van der Waals surface area contributed by atoms with Crippen LogP contribution in [0.4, 0.5) is 5.69 Å². The lowest BCUT2D eigenvalue weighted by Gasteiger charge is -2.37. The summed E-state index contributed by atoms with van der Waals surface area (Å²) in [6.45, 7) is 5.25.